The lowest BCUT2D eigenvalue weighted by Gasteiger charge is -2.08. The van der Waals surface area contributed by atoms with Crippen LogP contribution in [0.5, 0.6) is 0 Å². The van der Waals surface area contributed by atoms with Gasteiger partial charge in [-0.2, -0.15) is 4.99 Å². The van der Waals surface area contributed by atoms with Crippen molar-refractivity contribution in [1.82, 2.24) is 0 Å². The summed E-state index contributed by atoms with van der Waals surface area (Å²) in [6.45, 7) is 2.23. The van der Waals surface area contributed by atoms with Gasteiger partial charge in [-0.05, 0) is 65.0 Å². The Labute approximate surface area is 182 Å². The highest BCUT2D eigenvalue weighted by Gasteiger charge is 2.09. The molecule has 0 heterocycles. The van der Waals surface area contributed by atoms with Gasteiger partial charge in [0.1, 0.15) is 5.69 Å². The third kappa shape index (κ3) is 5.10. The number of rotatable bonds is 7. The molecule has 0 saturated heterocycles. The Bertz CT molecular complexity index is 965. The molecular weight excluding hydrogens is 405 g/mol. The lowest BCUT2D eigenvalue weighted by atomic mass is 9.98. The molecule has 0 radical (unpaired) electrons. The predicted molar refractivity (Wildman–Crippen MR) is 125 cm³/mol. The molecule has 3 aromatic rings. The number of aliphatic imine (C=N–C) groups is 1. The summed E-state index contributed by atoms with van der Waals surface area (Å²) in [7, 11) is 0. The monoisotopic (exact) mass is 425 g/mol. The fraction of sp³-hybridized carbons (Fsp3) is 0.208. The van der Waals surface area contributed by atoms with Crippen LogP contribution in [0.1, 0.15) is 31.7 Å². The number of thiocarbonyl (C=S) groups is 1. The normalized spacial score (nSPS) is 10.5. The van der Waals surface area contributed by atoms with E-state index in [-0.39, 0.29) is 0 Å². The quantitative estimate of drug-likeness (QED) is 0.209. The first-order valence-corrected chi connectivity index (χ1v) is 10.6. The molecule has 0 aliphatic carbocycles. The van der Waals surface area contributed by atoms with Crippen molar-refractivity contribution in [3.8, 4) is 22.3 Å². The van der Waals surface area contributed by atoms with Crippen molar-refractivity contribution in [3.63, 3.8) is 0 Å². The first kappa shape index (κ1) is 20.8. The van der Waals surface area contributed by atoms with Crippen LogP contribution in [0.25, 0.3) is 22.3 Å². The zero-order valence-corrected chi connectivity index (χ0v) is 18.0. The number of unbranched alkanes of at least 4 members (excludes halogenated alkanes) is 2. The van der Waals surface area contributed by atoms with E-state index in [9.17, 15) is 0 Å². The van der Waals surface area contributed by atoms with Crippen molar-refractivity contribution in [2.24, 2.45) is 4.99 Å². The second-order valence-electron chi connectivity index (χ2n) is 6.72. The summed E-state index contributed by atoms with van der Waals surface area (Å²) in [6.07, 6.45) is 4.95. The van der Waals surface area contributed by atoms with Crippen LogP contribution in [-0.2, 0) is 6.42 Å². The van der Waals surface area contributed by atoms with E-state index in [1.54, 1.807) is 0 Å². The molecule has 0 bridgehead atoms. The van der Waals surface area contributed by atoms with E-state index < -0.39 is 0 Å². The summed E-state index contributed by atoms with van der Waals surface area (Å²) in [4.78, 5) is 3.93. The molecule has 3 rings (SSSR count). The highest BCUT2D eigenvalue weighted by Crippen LogP contribution is 2.37. The van der Waals surface area contributed by atoms with E-state index in [0.717, 1.165) is 17.5 Å². The molecule has 0 saturated carbocycles. The van der Waals surface area contributed by atoms with Gasteiger partial charge in [-0.1, -0.05) is 91.5 Å². The number of nitrogens with zero attached hydrogens (tertiary/aromatic N) is 1. The fourth-order valence-electron chi connectivity index (χ4n) is 3.18. The Kier molecular flexibility index (Phi) is 7.42. The lowest BCUT2D eigenvalue weighted by Crippen LogP contribution is -1.86. The summed E-state index contributed by atoms with van der Waals surface area (Å²) in [5.74, 6) is 0. The molecule has 1 nitrogen and oxygen atoms in total. The maximum absolute atomic E-state index is 6.29. The molecule has 28 heavy (non-hydrogen) atoms. The van der Waals surface area contributed by atoms with Gasteiger partial charge in [-0.15, -0.1) is 0 Å². The van der Waals surface area contributed by atoms with Crippen LogP contribution in [0, 0.1) is 0 Å². The van der Waals surface area contributed by atoms with Gasteiger partial charge < -0.3 is 0 Å². The Hall–Kier alpha value is -1.96. The third-order valence-electron chi connectivity index (χ3n) is 4.75. The minimum Gasteiger partial charge on any atom is -0.192 e. The first-order valence-electron chi connectivity index (χ1n) is 9.39. The van der Waals surface area contributed by atoms with Crippen LogP contribution in [0.3, 0.4) is 0 Å². The molecule has 0 unspecified atom stereocenters. The molecule has 0 amide bonds. The molecular formula is C24H21Cl2NS. The van der Waals surface area contributed by atoms with E-state index in [1.807, 2.05) is 12.1 Å². The van der Waals surface area contributed by atoms with Crippen molar-refractivity contribution in [3.05, 3.63) is 76.3 Å². The van der Waals surface area contributed by atoms with Crippen LogP contribution in [0.4, 0.5) is 5.69 Å². The van der Waals surface area contributed by atoms with Gasteiger partial charge in [0, 0.05) is 0 Å². The largest absolute Gasteiger partial charge is 0.192 e. The highest BCUT2D eigenvalue weighted by atomic mass is 35.5. The summed E-state index contributed by atoms with van der Waals surface area (Å²) >= 11 is 17.2. The van der Waals surface area contributed by atoms with Crippen LogP contribution < -0.4 is 0 Å². The van der Waals surface area contributed by atoms with Gasteiger partial charge >= 0.3 is 0 Å². The average Bonchev–Trinajstić information content (AvgIpc) is 2.71. The molecule has 142 valence electrons. The van der Waals surface area contributed by atoms with Crippen LogP contribution in [0.15, 0.2) is 65.7 Å². The number of halogens is 2. The Morgan fingerprint density at radius 2 is 1.29 bits per heavy atom. The number of hydrogen-bond acceptors (Lipinski definition) is 2. The smallest absolute Gasteiger partial charge is 0.111 e. The van der Waals surface area contributed by atoms with Gasteiger partial charge in [0.2, 0.25) is 0 Å². The summed E-state index contributed by atoms with van der Waals surface area (Å²) in [5, 5.41) is 3.23. The summed E-state index contributed by atoms with van der Waals surface area (Å²) < 4.78 is 0. The van der Waals surface area contributed by atoms with Crippen molar-refractivity contribution >= 4 is 46.3 Å². The van der Waals surface area contributed by atoms with Gasteiger partial charge in [0.15, 0.2) is 0 Å². The zero-order chi connectivity index (χ0) is 19.9. The summed E-state index contributed by atoms with van der Waals surface area (Å²) in [6, 6.07) is 20.9. The number of isothiocyanates is 1. The minimum atomic E-state index is 0.456. The Balaban J connectivity index is 1.79. The topological polar surface area (TPSA) is 12.4 Å². The maximum atomic E-state index is 6.29. The van der Waals surface area contributed by atoms with Crippen LogP contribution >= 0.6 is 35.4 Å². The van der Waals surface area contributed by atoms with E-state index in [1.165, 1.54) is 36.0 Å². The molecule has 0 spiro atoms. The number of aryl methyl sites for hydroxylation is 1. The lowest BCUT2D eigenvalue weighted by molar-refractivity contribution is 0.717. The molecule has 0 aliphatic heterocycles. The highest BCUT2D eigenvalue weighted by molar-refractivity contribution is 7.78. The van der Waals surface area contributed by atoms with Crippen molar-refractivity contribution in [2.45, 2.75) is 32.6 Å². The first-order chi connectivity index (χ1) is 13.6. The average molecular weight is 426 g/mol. The van der Waals surface area contributed by atoms with Crippen molar-refractivity contribution in [1.29, 1.82) is 0 Å². The number of benzene rings is 3. The van der Waals surface area contributed by atoms with Crippen molar-refractivity contribution in [2.75, 3.05) is 0 Å². The molecule has 0 atom stereocenters. The van der Waals surface area contributed by atoms with Crippen molar-refractivity contribution < 1.29 is 0 Å². The second kappa shape index (κ2) is 10.0. The van der Waals surface area contributed by atoms with Gasteiger partial charge in [0.25, 0.3) is 0 Å². The van der Waals surface area contributed by atoms with E-state index in [0.29, 0.717) is 15.7 Å². The van der Waals surface area contributed by atoms with E-state index in [4.69, 9.17) is 23.2 Å². The van der Waals surface area contributed by atoms with Gasteiger partial charge in [0.05, 0.1) is 15.2 Å². The molecule has 3 aromatic carbocycles. The molecule has 0 N–H and O–H groups in total. The Morgan fingerprint density at radius 1 is 0.786 bits per heavy atom. The number of hydrogen-bond donors (Lipinski definition) is 0. The van der Waals surface area contributed by atoms with E-state index in [2.05, 4.69) is 77.8 Å². The fourth-order valence-corrected chi connectivity index (χ4v) is 3.85. The standard InChI is InChI=1S/C24H21Cl2NS/c1-2-3-4-5-17-6-8-18(9-7-17)19-10-12-20(13-11-19)21-14-22(25)24(27-16-28)23(26)15-21/h6-15H,2-5H2,1H3. The molecule has 0 aromatic heterocycles. The van der Waals surface area contributed by atoms with Gasteiger partial charge in [-0.3, -0.25) is 0 Å². The predicted octanol–water partition coefficient (Wildman–Crippen LogP) is 8.79. The maximum Gasteiger partial charge on any atom is 0.111 e. The SMILES string of the molecule is CCCCCc1ccc(-c2ccc(-c3cc(Cl)c(N=C=S)c(Cl)c3)cc2)cc1. The second-order valence-corrected chi connectivity index (χ2v) is 7.72. The van der Waals surface area contributed by atoms with Crippen LogP contribution in [-0.4, -0.2) is 5.16 Å². The summed E-state index contributed by atoms with van der Waals surface area (Å²) in [5.41, 5.74) is 6.24. The molecule has 0 aliphatic rings. The molecule has 4 heteroatoms. The third-order valence-corrected chi connectivity index (χ3v) is 5.42. The van der Waals surface area contributed by atoms with Crippen LogP contribution in [0.2, 0.25) is 10.0 Å². The van der Waals surface area contributed by atoms with E-state index >= 15 is 0 Å². The Morgan fingerprint density at radius 3 is 1.79 bits per heavy atom. The zero-order valence-electron chi connectivity index (χ0n) is 15.7. The molecule has 0 fully saturated rings. The minimum absolute atomic E-state index is 0.456. The van der Waals surface area contributed by atoms with Gasteiger partial charge in [-0.25, -0.2) is 0 Å².